The van der Waals surface area contributed by atoms with Gasteiger partial charge in [-0.2, -0.15) is 0 Å². The summed E-state index contributed by atoms with van der Waals surface area (Å²) in [6.45, 7) is 12.3. The first-order chi connectivity index (χ1) is 11.4. The summed E-state index contributed by atoms with van der Waals surface area (Å²) >= 11 is 0. The number of piperidine rings is 1. The van der Waals surface area contributed by atoms with Crippen molar-refractivity contribution in [3.8, 4) is 0 Å². The van der Waals surface area contributed by atoms with Crippen molar-refractivity contribution in [2.24, 2.45) is 4.99 Å². The van der Waals surface area contributed by atoms with E-state index in [0.29, 0.717) is 12.1 Å². The summed E-state index contributed by atoms with van der Waals surface area (Å²) < 4.78 is 0. The summed E-state index contributed by atoms with van der Waals surface area (Å²) in [6.07, 6.45) is 2.36. The number of nitrogens with zero attached hydrogens (tertiary/aromatic N) is 2. The number of hydrogen-bond acceptors (Lipinski definition) is 2. The minimum atomic E-state index is 0. The standard InChI is InChI=1S/C20H34N4.HI/c1-16(2)24-13-11-18(12-14-24)23-19(21-5)22-15-20(3,4)17-9-7-6-8-10-17;/h6-10,16,18H,11-15H2,1-5H3,(H2,21,22,23);1H. The van der Waals surface area contributed by atoms with Gasteiger partial charge >= 0.3 is 0 Å². The molecule has 1 saturated heterocycles. The third kappa shape index (κ3) is 6.77. The van der Waals surface area contributed by atoms with Crippen LogP contribution in [0.2, 0.25) is 0 Å². The Kier molecular flexibility index (Phi) is 9.21. The molecule has 2 N–H and O–H groups in total. The zero-order chi connectivity index (χ0) is 17.6. The summed E-state index contributed by atoms with van der Waals surface area (Å²) in [4.78, 5) is 6.96. The third-order valence-corrected chi connectivity index (χ3v) is 5.08. The fraction of sp³-hybridized carbons (Fsp3) is 0.650. The highest BCUT2D eigenvalue weighted by Gasteiger charge is 2.23. The van der Waals surface area contributed by atoms with Gasteiger partial charge in [0.05, 0.1) is 0 Å². The summed E-state index contributed by atoms with van der Waals surface area (Å²) in [6, 6.07) is 11.8. The molecule has 0 amide bonds. The van der Waals surface area contributed by atoms with E-state index in [0.717, 1.165) is 12.5 Å². The van der Waals surface area contributed by atoms with Gasteiger partial charge in [0.15, 0.2) is 5.96 Å². The zero-order valence-corrected chi connectivity index (χ0v) is 18.7. The summed E-state index contributed by atoms with van der Waals surface area (Å²) in [7, 11) is 1.86. The van der Waals surface area contributed by atoms with E-state index in [4.69, 9.17) is 0 Å². The molecule has 1 fully saturated rings. The third-order valence-electron chi connectivity index (χ3n) is 5.08. The Morgan fingerprint density at radius 2 is 1.80 bits per heavy atom. The van der Waals surface area contributed by atoms with E-state index in [9.17, 15) is 0 Å². The van der Waals surface area contributed by atoms with E-state index < -0.39 is 0 Å². The fourth-order valence-electron chi connectivity index (χ4n) is 3.24. The molecular formula is C20H35IN4. The Morgan fingerprint density at radius 1 is 1.20 bits per heavy atom. The van der Waals surface area contributed by atoms with Gasteiger partial charge in [0, 0.05) is 44.2 Å². The average Bonchev–Trinajstić information content (AvgIpc) is 2.59. The second-order valence-electron chi connectivity index (χ2n) is 7.72. The van der Waals surface area contributed by atoms with Crippen LogP contribution in [0, 0.1) is 0 Å². The van der Waals surface area contributed by atoms with Crippen LogP contribution in [0.4, 0.5) is 0 Å². The number of aliphatic imine (C=N–C) groups is 1. The number of likely N-dealkylation sites (tertiary alicyclic amines) is 1. The van der Waals surface area contributed by atoms with Gasteiger partial charge in [-0.3, -0.25) is 4.99 Å². The zero-order valence-electron chi connectivity index (χ0n) is 16.4. The average molecular weight is 458 g/mol. The topological polar surface area (TPSA) is 39.7 Å². The van der Waals surface area contributed by atoms with Crippen LogP contribution in [0.1, 0.15) is 46.1 Å². The normalized spacial score (nSPS) is 17.3. The number of guanidine groups is 1. The van der Waals surface area contributed by atoms with Crippen molar-refractivity contribution >= 4 is 29.9 Å². The largest absolute Gasteiger partial charge is 0.356 e. The molecule has 25 heavy (non-hydrogen) atoms. The Balaban J connectivity index is 0.00000312. The molecule has 0 spiro atoms. The van der Waals surface area contributed by atoms with E-state index in [1.165, 1.54) is 31.5 Å². The molecular weight excluding hydrogens is 423 g/mol. The first-order valence-corrected chi connectivity index (χ1v) is 9.19. The van der Waals surface area contributed by atoms with Crippen LogP contribution in [0.5, 0.6) is 0 Å². The van der Waals surface area contributed by atoms with Gasteiger partial charge in [0.2, 0.25) is 0 Å². The molecule has 0 unspecified atom stereocenters. The van der Waals surface area contributed by atoms with Gasteiger partial charge in [0.1, 0.15) is 0 Å². The predicted octanol–water partition coefficient (Wildman–Crippen LogP) is 3.62. The highest BCUT2D eigenvalue weighted by atomic mass is 127. The van der Waals surface area contributed by atoms with Crippen LogP contribution in [-0.4, -0.2) is 49.6 Å². The molecule has 0 bridgehead atoms. The van der Waals surface area contributed by atoms with Crippen LogP contribution in [-0.2, 0) is 5.41 Å². The minimum absolute atomic E-state index is 0. The molecule has 0 aliphatic carbocycles. The Hall–Kier alpha value is -0.820. The van der Waals surface area contributed by atoms with Crippen molar-refractivity contribution in [3.63, 3.8) is 0 Å². The van der Waals surface area contributed by atoms with E-state index in [1.54, 1.807) is 0 Å². The molecule has 1 aromatic carbocycles. The molecule has 142 valence electrons. The maximum atomic E-state index is 4.41. The number of halogens is 1. The molecule has 1 aromatic rings. The van der Waals surface area contributed by atoms with Crippen molar-refractivity contribution in [1.29, 1.82) is 0 Å². The Morgan fingerprint density at radius 3 is 2.32 bits per heavy atom. The Labute approximate surface area is 170 Å². The van der Waals surface area contributed by atoms with Gasteiger partial charge in [-0.1, -0.05) is 44.2 Å². The highest BCUT2D eigenvalue weighted by Crippen LogP contribution is 2.21. The smallest absolute Gasteiger partial charge is 0.191 e. The Bertz CT molecular complexity index is 520. The summed E-state index contributed by atoms with van der Waals surface area (Å²) in [5.74, 6) is 0.919. The first-order valence-electron chi connectivity index (χ1n) is 9.19. The highest BCUT2D eigenvalue weighted by molar-refractivity contribution is 14.0. The van der Waals surface area contributed by atoms with Gasteiger partial charge in [0.25, 0.3) is 0 Å². The van der Waals surface area contributed by atoms with Crippen LogP contribution in [0.3, 0.4) is 0 Å². The molecule has 1 aliphatic rings. The SMILES string of the molecule is CN=C(NCC(C)(C)c1ccccc1)NC1CCN(C(C)C)CC1.I. The van der Waals surface area contributed by atoms with Crippen LogP contribution in [0.15, 0.2) is 35.3 Å². The lowest BCUT2D eigenvalue weighted by Gasteiger charge is -2.35. The molecule has 4 nitrogen and oxygen atoms in total. The van der Waals surface area contributed by atoms with Crippen LogP contribution >= 0.6 is 24.0 Å². The molecule has 0 aromatic heterocycles. The molecule has 2 rings (SSSR count). The van der Waals surface area contributed by atoms with Gasteiger partial charge in [-0.25, -0.2) is 0 Å². The molecule has 0 radical (unpaired) electrons. The second-order valence-corrected chi connectivity index (χ2v) is 7.72. The quantitative estimate of drug-likeness (QED) is 0.402. The van der Waals surface area contributed by atoms with Crippen molar-refractivity contribution < 1.29 is 0 Å². The number of benzene rings is 1. The molecule has 5 heteroatoms. The second kappa shape index (κ2) is 10.4. The van der Waals surface area contributed by atoms with Gasteiger partial charge in [-0.05, 0) is 32.3 Å². The van der Waals surface area contributed by atoms with Gasteiger partial charge < -0.3 is 15.5 Å². The van der Waals surface area contributed by atoms with E-state index >= 15 is 0 Å². The maximum Gasteiger partial charge on any atom is 0.191 e. The number of hydrogen-bond donors (Lipinski definition) is 2. The maximum absolute atomic E-state index is 4.41. The lowest BCUT2D eigenvalue weighted by molar-refractivity contribution is 0.167. The van der Waals surface area contributed by atoms with Crippen LogP contribution < -0.4 is 10.6 Å². The van der Waals surface area contributed by atoms with Crippen molar-refractivity contribution in [2.75, 3.05) is 26.7 Å². The van der Waals surface area contributed by atoms with E-state index in [1.807, 2.05) is 7.05 Å². The van der Waals surface area contributed by atoms with Crippen molar-refractivity contribution in [1.82, 2.24) is 15.5 Å². The fourth-order valence-corrected chi connectivity index (χ4v) is 3.24. The molecule has 1 aliphatic heterocycles. The predicted molar refractivity (Wildman–Crippen MR) is 119 cm³/mol. The van der Waals surface area contributed by atoms with Crippen LogP contribution in [0.25, 0.3) is 0 Å². The number of rotatable bonds is 5. The lowest BCUT2D eigenvalue weighted by Crippen LogP contribution is -2.51. The molecule has 0 saturated carbocycles. The molecule has 0 atom stereocenters. The van der Waals surface area contributed by atoms with E-state index in [2.05, 4.69) is 78.6 Å². The minimum Gasteiger partial charge on any atom is -0.356 e. The monoisotopic (exact) mass is 458 g/mol. The van der Waals surface area contributed by atoms with Gasteiger partial charge in [-0.15, -0.1) is 24.0 Å². The van der Waals surface area contributed by atoms with Crippen molar-refractivity contribution in [3.05, 3.63) is 35.9 Å². The van der Waals surface area contributed by atoms with E-state index in [-0.39, 0.29) is 29.4 Å². The number of nitrogens with one attached hydrogen (secondary N) is 2. The summed E-state index contributed by atoms with van der Waals surface area (Å²) in [5.41, 5.74) is 1.41. The molecule has 1 heterocycles. The van der Waals surface area contributed by atoms with Crippen molar-refractivity contribution in [2.45, 2.75) is 58.0 Å². The lowest BCUT2D eigenvalue weighted by atomic mass is 9.85. The summed E-state index contributed by atoms with van der Waals surface area (Å²) in [5, 5.41) is 7.12. The first kappa shape index (κ1) is 22.2.